The van der Waals surface area contributed by atoms with Gasteiger partial charge in [-0.1, -0.05) is 6.08 Å². The maximum Gasteiger partial charge on any atom is 0.155 e. The number of hydrogen-bond acceptors (Lipinski definition) is 2. The SMILES string of the molecule is OC1CCCC(C2=CCCCC2)O1. The summed E-state index contributed by atoms with van der Waals surface area (Å²) in [6.07, 6.45) is 10.0. The van der Waals surface area contributed by atoms with Crippen LogP contribution in [0.4, 0.5) is 0 Å². The van der Waals surface area contributed by atoms with Crippen LogP contribution in [0.5, 0.6) is 0 Å². The van der Waals surface area contributed by atoms with Gasteiger partial charge in [-0.25, -0.2) is 0 Å². The Labute approximate surface area is 79.6 Å². The molecule has 1 saturated heterocycles. The molecule has 1 aliphatic heterocycles. The summed E-state index contributed by atoms with van der Waals surface area (Å²) in [6.45, 7) is 0. The van der Waals surface area contributed by atoms with Gasteiger partial charge in [-0.3, -0.25) is 0 Å². The Bertz CT molecular complexity index is 198. The molecule has 13 heavy (non-hydrogen) atoms. The molecular formula is C11H18O2. The summed E-state index contributed by atoms with van der Waals surface area (Å²) in [6, 6.07) is 0. The Balaban J connectivity index is 1.94. The van der Waals surface area contributed by atoms with Crippen LogP contribution in [0.15, 0.2) is 11.6 Å². The van der Waals surface area contributed by atoms with E-state index in [9.17, 15) is 5.11 Å². The van der Waals surface area contributed by atoms with Crippen LogP contribution in [0.1, 0.15) is 44.9 Å². The molecule has 2 atom stereocenters. The Morgan fingerprint density at radius 2 is 2.15 bits per heavy atom. The molecule has 0 aromatic carbocycles. The van der Waals surface area contributed by atoms with E-state index in [0.29, 0.717) is 0 Å². The Kier molecular flexibility index (Phi) is 3.01. The van der Waals surface area contributed by atoms with Crippen LogP contribution in [-0.4, -0.2) is 17.5 Å². The summed E-state index contributed by atoms with van der Waals surface area (Å²) >= 11 is 0. The molecular weight excluding hydrogens is 164 g/mol. The van der Waals surface area contributed by atoms with Crippen molar-refractivity contribution in [3.8, 4) is 0 Å². The zero-order chi connectivity index (χ0) is 9.10. The van der Waals surface area contributed by atoms with E-state index in [1.54, 1.807) is 0 Å². The lowest BCUT2D eigenvalue weighted by molar-refractivity contribution is -0.152. The Morgan fingerprint density at radius 1 is 1.23 bits per heavy atom. The van der Waals surface area contributed by atoms with Crippen molar-refractivity contribution in [1.82, 2.24) is 0 Å². The van der Waals surface area contributed by atoms with Crippen molar-refractivity contribution < 1.29 is 9.84 Å². The van der Waals surface area contributed by atoms with Gasteiger partial charge in [0.25, 0.3) is 0 Å². The Morgan fingerprint density at radius 3 is 2.85 bits per heavy atom. The molecule has 2 rings (SSSR count). The van der Waals surface area contributed by atoms with Crippen LogP contribution < -0.4 is 0 Å². The molecule has 0 aromatic heterocycles. The molecule has 0 saturated carbocycles. The van der Waals surface area contributed by atoms with E-state index in [1.807, 2.05) is 0 Å². The number of aliphatic hydroxyl groups is 1. The average molecular weight is 182 g/mol. The van der Waals surface area contributed by atoms with Gasteiger partial charge in [0, 0.05) is 0 Å². The number of rotatable bonds is 1. The zero-order valence-electron chi connectivity index (χ0n) is 8.04. The third kappa shape index (κ3) is 2.32. The molecule has 0 bridgehead atoms. The molecule has 1 N–H and O–H groups in total. The lowest BCUT2D eigenvalue weighted by atomic mass is 9.91. The molecule has 2 aliphatic rings. The molecule has 1 fully saturated rings. The highest BCUT2D eigenvalue weighted by molar-refractivity contribution is 5.11. The van der Waals surface area contributed by atoms with Gasteiger partial charge in [-0.05, 0) is 50.5 Å². The predicted molar refractivity (Wildman–Crippen MR) is 51.3 cm³/mol. The van der Waals surface area contributed by atoms with Gasteiger partial charge in [-0.2, -0.15) is 0 Å². The maximum atomic E-state index is 9.36. The molecule has 0 amide bonds. The quantitative estimate of drug-likeness (QED) is 0.631. The maximum absolute atomic E-state index is 9.36. The van der Waals surface area contributed by atoms with Gasteiger partial charge in [0.2, 0.25) is 0 Å². The topological polar surface area (TPSA) is 29.5 Å². The lowest BCUT2D eigenvalue weighted by Crippen LogP contribution is -2.29. The number of ether oxygens (including phenoxy) is 1. The largest absolute Gasteiger partial charge is 0.368 e. The van der Waals surface area contributed by atoms with Crippen molar-refractivity contribution in [2.24, 2.45) is 0 Å². The molecule has 2 nitrogen and oxygen atoms in total. The number of allylic oxidation sites excluding steroid dienone is 1. The van der Waals surface area contributed by atoms with E-state index in [-0.39, 0.29) is 6.10 Å². The summed E-state index contributed by atoms with van der Waals surface area (Å²) in [5.41, 5.74) is 1.44. The van der Waals surface area contributed by atoms with Crippen molar-refractivity contribution in [1.29, 1.82) is 0 Å². The van der Waals surface area contributed by atoms with Crippen LogP contribution in [0.25, 0.3) is 0 Å². The minimum Gasteiger partial charge on any atom is -0.368 e. The van der Waals surface area contributed by atoms with Crippen LogP contribution in [0.2, 0.25) is 0 Å². The molecule has 1 heterocycles. The lowest BCUT2D eigenvalue weighted by Gasteiger charge is -2.30. The second kappa shape index (κ2) is 4.25. The predicted octanol–water partition coefficient (Wildman–Crippen LogP) is 2.37. The fraction of sp³-hybridized carbons (Fsp3) is 0.818. The minimum absolute atomic E-state index is 0.226. The minimum atomic E-state index is -0.512. The molecule has 74 valence electrons. The zero-order valence-corrected chi connectivity index (χ0v) is 8.04. The van der Waals surface area contributed by atoms with E-state index in [0.717, 1.165) is 19.3 Å². The van der Waals surface area contributed by atoms with Crippen LogP contribution in [-0.2, 0) is 4.74 Å². The van der Waals surface area contributed by atoms with Gasteiger partial charge in [0.1, 0.15) is 0 Å². The first-order valence-electron chi connectivity index (χ1n) is 5.39. The molecule has 2 heteroatoms. The summed E-state index contributed by atoms with van der Waals surface area (Å²) in [5.74, 6) is 0. The average Bonchev–Trinajstić information content (AvgIpc) is 2.19. The third-order valence-electron chi connectivity index (χ3n) is 2.98. The number of aliphatic hydroxyl groups excluding tert-OH is 1. The first-order chi connectivity index (χ1) is 6.36. The van der Waals surface area contributed by atoms with E-state index in [2.05, 4.69) is 6.08 Å². The number of hydrogen-bond donors (Lipinski definition) is 1. The van der Waals surface area contributed by atoms with Gasteiger partial charge in [0.05, 0.1) is 6.10 Å². The first-order valence-corrected chi connectivity index (χ1v) is 5.39. The summed E-state index contributed by atoms with van der Waals surface area (Å²) in [4.78, 5) is 0. The highest BCUT2D eigenvalue weighted by Gasteiger charge is 2.23. The smallest absolute Gasteiger partial charge is 0.155 e. The fourth-order valence-corrected chi connectivity index (χ4v) is 2.23. The summed E-state index contributed by atoms with van der Waals surface area (Å²) in [7, 11) is 0. The second-order valence-corrected chi connectivity index (χ2v) is 4.04. The molecule has 1 aliphatic carbocycles. The fourth-order valence-electron chi connectivity index (χ4n) is 2.23. The van der Waals surface area contributed by atoms with E-state index < -0.39 is 6.29 Å². The van der Waals surface area contributed by atoms with Crippen LogP contribution >= 0.6 is 0 Å². The van der Waals surface area contributed by atoms with Gasteiger partial charge >= 0.3 is 0 Å². The standard InChI is InChI=1S/C11H18O2/c12-11-8-4-7-10(13-11)9-5-2-1-3-6-9/h5,10-12H,1-4,6-8H2. The van der Waals surface area contributed by atoms with E-state index in [1.165, 1.54) is 31.3 Å². The van der Waals surface area contributed by atoms with Crippen molar-refractivity contribution >= 4 is 0 Å². The summed E-state index contributed by atoms with van der Waals surface area (Å²) < 4.78 is 5.51. The van der Waals surface area contributed by atoms with Gasteiger partial charge in [-0.15, -0.1) is 0 Å². The third-order valence-corrected chi connectivity index (χ3v) is 2.98. The van der Waals surface area contributed by atoms with Crippen molar-refractivity contribution in [2.45, 2.75) is 57.3 Å². The Hall–Kier alpha value is -0.340. The van der Waals surface area contributed by atoms with Crippen molar-refractivity contribution in [2.75, 3.05) is 0 Å². The molecule has 0 spiro atoms. The van der Waals surface area contributed by atoms with E-state index >= 15 is 0 Å². The van der Waals surface area contributed by atoms with Gasteiger partial charge in [0.15, 0.2) is 6.29 Å². The normalized spacial score (nSPS) is 35.6. The van der Waals surface area contributed by atoms with Gasteiger partial charge < -0.3 is 9.84 Å². The second-order valence-electron chi connectivity index (χ2n) is 4.04. The monoisotopic (exact) mass is 182 g/mol. The van der Waals surface area contributed by atoms with Crippen molar-refractivity contribution in [3.05, 3.63) is 11.6 Å². The van der Waals surface area contributed by atoms with E-state index in [4.69, 9.17) is 4.74 Å². The highest BCUT2D eigenvalue weighted by atomic mass is 16.6. The molecule has 2 unspecified atom stereocenters. The molecule has 0 radical (unpaired) electrons. The van der Waals surface area contributed by atoms with Crippen LogP contribution in [0, 0.1) is 0 Å². The first kappa shape index (κ1) is 9.22. The molecule has 0 aromatic rings. The summed E-state index contributed by atoms with van der Waals surface area (Å²) in [5, 5.41) is 9.36. The van der Waals surface area contributed by atoms with Crippen LogP contribution in [0.3, 0.4) is 0 Å². The van der Waals surface area contributed by atoms with Crippen molar-refractivity contribution in [3.63, 3.8) is 0 Å². The highest BCUT2D eigenvalue weighted by Crippen LogP contribution is 2.29.